The van der Waals surface area contributed by atoms with Gasteiger partial charge in [-0.1, -0.05) is 13.8 Å². The second kappa shape index (κ2) is 3.52. The Bertz CT molecular complexity index is 271. The van der Waals surface area contributed by atoms with Crippen molar-refractivity contribution < 1.29 is 4.39 Å². The highest BCUT2D eigenvalue weighted by Crippen LogP contribution is 2.24. The van der Waals surface area contributed by atoms with Gasteiger partial charge in [0.1, 0.15) is 0 Å². The standard InChI is InChI=1S/C9H13FN2/c1-6(2)7-4-12-5-8(10)9(7)11-3/h4-6H,1-3H3,(H,11,12). The Kier molecular flexibility index (Phi) is 2.63. The molecule has 0 bridgehead atoms. The van der Waals surface area contributed by atoms with Crippen molar-refractivity contribution in [3.63, 3.8) is 0 Å². The molecule has 12 heavy (non-hydrogen) atoms. The lowest BCUT2D eigenvalue weighted by atomic mass is 10.0. The Morgan fingerprint density at radius 2 is 2.08 bits per heavy atom. The summed E-state index contributed by atoms with van der Waals surface area (Å²) in [6.45, 7) is 4.02. The van der Waals surface area contributed by atoms with E-state index in [1.165, 1.54) is 6.20 Å². The Labute approximate surface area is 71.8 Å². The predicted octanol–water partition coefficient (Wildman–Crippen LogP) is 2.39. The van der Waals surface area contributed by atoms with Crippen LogP contribution in [0.5, 0.6) is 0 Å². The first-order valence-electron chi connectivity index (χ1n) is 3.98. The second-order valence-electron chi connectivity index (χ2n) is 2.99. The third kappa shape index (κ3) is 1.55. The minimum Gasteiger partial charge on any atom is -0.385 e. The van der Waals surface area contributed by atoms with Crippen LogP contribution >= 0.6 is 0 Å². The molecular formula is C9H13FN2. The molecule has 0 radical (unpaired) electrons. The lowest BCUT2D eigenvalue weighted by molar-refractivity contribution is 0.620. The van der Waals surface area contributed by atoms with Crippen LogP contribution in [0.3, 0.4) is 0 Å². The van der Waals surface area contributed by atoms with Crippen LogP contribution in [0.25, 0.3) is 0 Å². The van der Waals surface area contributed by atoms with E-state index < -0.39 is 0 Å². The molecule has 0 unspecified atom stereocenters. The van der Waals surface area contributed by atoms with Crippen molar-refractivity contribution in [2.45, 2.75) is 19.8 Å². The smallest absolute Gasteiger partial charge is 0.164 e. The van der Waals surface area contributed by atoms with Crippen LogP contribution < -0.4 is 5.32 Å². The number of anilines is 1. The zero-order chi connectivity index (χ0) is 9.14. The fraction of sp³-hybridized carbons (Fsp3) is 0.444. The maximum Gasteiger partial charge on any atom is 0.164 e. The summed E-state index contributed by atoms with van der Waals surface area (Å²) in [6.07, 6.45) is 2.91. The number of hydrogen-bond donors (Lipinski definition) is 1. The SMILES string of the molecule is CNc1c(F)cncc1C(C)C. The summed E-state index contributed by atoms with van der Waals surface area (Å²) >= 11 is 0. The van der Waals surface area contributed by atoms with Crippen molar-refractivity contribution in [2.75, 3.05) is 12.4 Å². The molecule has 2 nitrogen and oxygen atoms in total. The highest BCUT2D eigenvalue weighted by molar-refractivity contribution is 5.51. The average molecular weight is 168 g/mol. The fourth-order valence-corrected chi connectivity index (χ4v) is 1.15. The number of nitrogens with zero attached hydrogens (tertiary/aromatic N) is 1. The molecule has 66 valence electrons. The maximum absolute atomic E-state index is 13.1. The van der Waals surface area contributed by atoms with Gasteiger partial charge in [-0.25, -0.2) is 4.39 Å². The lowest BCUT2D eigenvalue weighted by Crippen LogP contribution is -2.01. The minimum absolute atomic E-state index is 0.288. The number of pyridine rings is 1. The second-order valence-corrected chi connectivity index (χ2v) is 2.99. The molecule has 0 aliphatic heterocycles. The largest absolute Gasteiger partial charge is 0.385 e. The molecule has 0 spiro atoms. The van der Waals surface area contributed by atoms with E-state index in [-0.39, 0.29) is 11.7 Å². The van der Waals surface area contributed by atoms with Crippen LogP contribution in [-0.2, 0) is 0 Å². The van der Waals surface area contributed by atoms with E-state index in [0.717, 1.165) is 5.56 Å². The van der Waals surface area contributed by atoms with Crippen molar-refractivity contribution in [2.24, 2.45) is 0 Å². The third-order valence-electron chi connectivity index (χ3n) is 1.80. The van der Waals surface area contributed by atoms with E-state index in [4.69, 9.17) is 0 Å². The first kappa shape index (κ1) is 8.97. The average Bonchev–Trinajstić information content (AvgIpc) is 2.03. The van der Waals surface area contributed by atoms with Crippen LogP contribution in [0.4, 0.5) is 10.1 Å². The molecule has 1 aromatic heterocycles. The van der Waals surface area contributed by atoms with E-state index in [1.54, 1.807) is 13.2 Å². The first-order valence-corrected chi connectivity index (χ1v) is 3.98. The summed E-state index contributed by atoms with van der Waals surface area (Å²) in [5.74, 6) is -0.000602. The molecule has 0 fully saturated rings. The highest BCUT2D eigenvalue weighted by atomic mass is 19.1. The van der Waals surface area contributed by atoms with Crippen LogP contribution in [0.15, 0.2) is 12.4 Å². The summed E-state index contributed by atoms with van der Waals surface area (Å²) in [5.41, 5.74) is 1.47. The summed E-state index contributed by atoms with van der Waals surface area (Å²) < 4.78 is 13.1. The van der Waals surface area contributed by atoms with Crippen molar-refractivity contribution in [1.29, 1.82) is 0 Å². The van der Waals surface area contributed by atoms with Crippen molar-refractivity contribution in [1.82, 2.24) is 4.98 Å². The van der Waals surface area contributed by atoms with Crippen LogP contribution in [0.2, 0.25) is 0 Å². The van der Waals surface area contributed by atoms with Gasteiger partial charge in [0.25, 0.3) is 0 Å². The van der Waals surface area contributed by atoms with E-state index in [0.29, 0.717) is 5.69 Å². The summed E-state index contributed by atoms with van der Waals surface area (Å²) in [7, 11) is 1.71. The molecule has 0 aliphatic carbocycles. The highest BCUT2D eigenvalue weighted by Gasteiger charge is 2.09. The van der Waals surface area contributed by atoms with Gasteiger partial charge in [0, 0.05) is 13.2 Å². The number of aromatic nitrogens is 1. The Morgan fingerprint density at radius 1 is 1.42 bits per heavy atom. The molecule has 1 rings (SSSR count). The lowest BCUT2D eigenvalue weighted by Gasteiger charge is -2.11. The van der Waals surface area contributed by atoms with Gasteiger partial charge in [-0.15, -0.1) is 0 Å². The van der Waals surface area contributed by atoms with Gasteiger partial charge in [0.2, 0.25) is 0 Å². The van der Waals surface area contributed by atoms with Crippen molar-refractivity contribution >= 4 is 5.69 Å². The van der Waals surface area contributed by atoms with Crippen LogP contribution in [-0.4, -0.2) is 12.0 Å². The number of nitrogens with one attached hydrogen (secondary N) is 1. The Hall–Kier alpha value is -1.12. The van der Waals surface area contributed by atoms with Crippen molar-refractivity contribution in [3.8, 4) is 0 Å². The van der Waals surface area contributed by atoms with Gasteiger partial charge in [-0.3, -0.25) is 4.98 Å². The Balaban J connectivity index is 3.18. The molecule has 1 aromatic rings. The molecule has 0 aliphatic rings. The molecule has 0 saturated heterocycles. The van der Waals surface area contributed by atoms with Gasteiger partial charge < -0.3 is 5.32 Å². The minimum atomic E-state index is -0.288. The molecule has 1 N–H and O–H groups in total. The number of halogens is 1. The zero-order valence-corrected chi connectivity index (χ0v) is 7.56. The number of hydrogen-bond acceptors (Lipinski definition) is 2. The van der Waals surface area contributed by atoms with Gasteiger partial charge in [-0.2, -0.15) is 0 Å². The monoisotopic (exact) mass is 168 g/mol. The molecule has 0 atom stereocenters. The van der Waals surface area contributed by atoms with Crippen LogP contribution in [0, 0.1) is 5.82 Å². The Morgan fingerprint density at radius 3 is 2.50 bits per heavy atom. The third-order valence-corrected chi connectivity index (χ3v) is 1.80. The van der Waals surface area contributed by atoms with Gasteiger partial charge in [0.05, 0.1) is 11.9 Å². The topological polar surface area (TPSA) is 24.9 Å². The summed E-state index contributed by atoms with van der Waals surface area (Å²) in [5, 5.41) is 2.83. The van der Waals surface area contributed by atoms with E-state index in [9.17, 15) is 4.39 Å². The molecule has 0 aromatic carbocycles. The van der Waals surface area contributed by atoms with Gasteiger partial charge in [0.15, 0.2) is 5.82 Å². The first-order chi connectivity index (χ1) is 5.66. The number of rotatable bonds is 2. The quantitative estimate of drug-likeness (QED) is 0.733. The van der Waals surface area contributed by atoms with Gasteiger partial charge in [-0.05, 0) is 11.5 Å². The molecule has 0 saturated carbocycles. The molecular weight excluding hydrogens is 155 g/mol. The van der Waals surface area contributed by atoms with Crippen LogP contribution in [0.1, 0.15) is 25.3 Å². The van der Waals surface area contributed by atoms with E-state index in [2.05, 4.69) is 10.3 Å². The normalized spacial score (nSPS) is 10.4. The fourth-order valence-electron chi connectivity index (χ4n) is 1.15. The maximum atomic E-state index is 13.1. The van der Waals surface area contributed by atoms with E-state index in [1.807, 2.05) is 13.8 Å². The van der Waals surface area contributed by atoms with Crippen molar-refractivity contribution in [3.05, 3.63) is 23.8 Å². The summed E-state index contributed by atoms with van der Waals surface area (Å²) in [4.78, 5) is 3.80. The predicted molar refractivity (Wildman–Crippen MR) is 47.8 cm³/mol. The molecule has 3 heteroatoms. The molecule has 1 heterocycles. The molecule has 0 amide bonds. The van der Waals surface area contributed by atoms with Gasteiger partial charge >= 0.3 is 0 Å². The van der Waals surface area contributed by atoms with E-state index >= 15 is 0 Å². The summed E-state index contributed by atoms with van der Waals surface area (Å²) in [6, 6.07) is 0. The zero-order valence-electron chi connectivity index (χ0n) is 7.56.